The summed E-state index contributed by atoms with van der Waals surface area (Å²) in [5.41, 5.74) is 6.17. The first-order valence-corrected chi connectivity index (χ1v) is 7.33. The van der Waals surface area contributed by atoms with Gasteiger partial charge in [-0.15, -0.1) is 0 Å². The van der Waals surface area contributed by atoms with E-state index in [-0.39, 0.29) is 0 Å². The maximum atomic E-state index is 5.56. The molecule has 1 aliphatic rings. The van der Waals surface area contributed by atoms with Crippen LogP contribution in [0.4, 0.5) is 11.6 Å². The van der Waals surface area contributed by atoms with Gasteiger partial charge in [0.25, 0.3) is 0 Å². The normalized spacial score (nSPS) is 18.9. The predicted octanol–water partition coefficient (Wildman–Crippen LogP) is 2.54. The summed E-state index contributed by atoms with van der Waals surface area (Å²) in [5.74, 6) is 0.679. The van der Waals surface area contributed by atoms with Crippen molar-refractivity contribution in [3.8, 4) is 0 Å². The Kier molecular flexibility index (Phi) is 4.10. The van der Waals surface area contributed by atoms with E-state index in [1.165, 1.54) is 32.1 Å². The standard InChI is InChI=1S/C12H20N4S/c1-17-12(5-3-2-4-6-12)9-16-11-14-7-10(13)8-15-11/h7-8H,2-6,9,13H2,1H3,(H,14,15,16). The third-order valence-corrected chi connectivity index (χ3v) is 4.86. The Hall–Kier alpha value is -0.970. The van der Waals surface area contributed by atoms with E-state index in [1.807, 2.05) is 11.8 Å². The maximum absolute atomic E-state index is 5.56. The van der Waals surface area contributed by atoms with Gasteiger partial charge in [0.1, 0.15) is 0 Å². The highest BCUT2D eigenvalue weighted by Gasteiger charge is 2.30. The number of nitrogens with two attached hydrogens (primary N) is 1. The summed E-state index contributed by atoms with van der Waals surface area (Å²) in [4.78, 5) is 8.34. The minimum absolute atomic E-state index is 0.364. The number of hydrogen-bond acceptors (Lipinski definition) is 5. The summed E-state index contributed by atoms with van der Waals surface area (Å²) in [6, 6.07) is 0. The Balaban J connectivity index is 1.93. The number of nitrogen functional groups attached to an aromatic ring is 1. The van der Waals surface area contributed by atoms with Gasteiger partial charge in [-0.2, -0.15) is 11.8 Å². The van der Waals surface area contributed by atoms with Crippen LogP contribution < -0.4 is 11.1 Å². The van der Waals surface area contributed by atoms with Crippen molar-refractivity contribution >= 4 is 23.4 Å². The Morgan fingerprint density at radius 3 is 2.53 bits per heavy atom. The lowest BCUT2D eigenvalue weighted by Gasteiger charge is -2.35. The molecule has 1 fully saturated rings. The Bertz CT molecular complexity index is 346. The van der Waals surface area contributed by atoms with Crippen LogP contribution in [0.15, 0.2) is 12.4 Å². The first-order chi connectivity index (χ1) is 8.24. The van der Waals surface area contributed by atoms with E-state index in [9.17, 15) is 0 Å². The second-order valence-corrected chi connectivity index (χ2v) is 5.92. The molecule has 0 atom stereocenters. The number of thioether (sulfide) groups is 1. The van der Waals surface area contributed by atoms with Gasteiger partial charge in [-0.05, 0) is 19.1 Å². The van der Waals surface area contributed by atoms with Crippen LogP contribution in [0.1, 0.15) is 32.1 Å². The molecule has 4 nitrogen and oxygen atoms in total. The highest BCUT2D eigenvalue weighted by Crippen LogP contribution is 2.38. The highest BCUT2D eigenvalue weighted by molar-refractivity contribution is 8.00. The maximum Gasteiger partial charge on any atom is 0.222 e. The first-order valence-electron chi connectivity index (χ1n) is 6.11. The third kappa shape index (κ3) is 3.25. The van der Waals surface area contributed by atoms with E-state index in [0.29, 0.717) is 16.4 Å². The van der Waals surface area contributed by atoms with Crippen LogP contribution in [-0.2, 0) is 0 Å². The zero-order chi connectivity index (χ0) is 12.1. The molecule has 0 spiro atoms. The van der Waals surface area contributed by atoms with Crippen LogP contribution in [-0.4, -0.2) is 27.5 Å². The van der Waals surface area contributed by atoms with Crippen LogP contribution in [0, 0.1) is 0 Å². The number of nitrogens with one attached hydrogen (secondary N) is 1. The third-order valence-electron chi connectivity index (χ3n) is 3.44. The molecule has 1 aromatic rings. The Labute approximate surface area is 107 Å². The molecule has 0 bridgehead atoms. The summed E-state index contributed by atoms with van der Waals surface area (Å²) in [6.07, 6.45) is 12.1. The van der Waals surface area contributed by atoms with Crippen LogP contribution in [0.5, 0.6) is 0 Å². The molecule has 1 aliphatic carbocycles. The van der Waals surface area contributed by atoms with Gasteiger partial charge in [-0.1, -0.05) is 19.3 Å². The Morgan fingerprint density at radius 2 is 1.94 bits per heavy atom. The van der Waals surface area contributed by atoms with Gasteiger partial charge in [0.15, 0.2) is 0 Å². The van der Waals surface area contributed by atoms with Gasteiger partial charge in [0, 0.05) is 11.3 Å². The lowest BCUT2D eigenvalue weighted by molar-refractivity contribution is 0.411. The quantitative estimate of drug-likeness (QED) is 0.862. The minimum atomic E-state index is 0.364. The first kappa shape index (κ1) is 12.5. The molecule has 0 aromatic carbocycles. The topological polar surface area (TPSA) is 63.8 Å². The SMILES string of the molecule is CSC1(CNc2ncc(N)cn2)CCCCC1. The number of nitrogens with zero attached hydrogens (tertiary/aromatic N) is 2. The van der Waals surface area contributed by atoms with Gasteiger partial charge in [-0.25, -0.2) is 9.97 Å². The van der Waals surface area contributed by atoms with Crippen molar-refractivity contribution in [1.82, 2.24) is 9.97 Å². The van der Waals surface area contributed by atoms with Crippen LogP contribution >= 0.6 is 11.8 Å². The van der Waals surface area contributed by atoms with E-state index in [1.54, 1.807) is 12.4 Å². The number of anilines is 2. The minimum Gasteiger partial charge on any atom is -0.396 e. The fourth-order valence-electron chi connectivity index (χ4n) is 2.32. The molecule has 94 valence electrons. The van der Waals surface area contributed by atoms with Gasteiger partial charge >= 0.3 is 0 Å². The molecule has 0 radical (unpaired) electrons. The molecule has 1 aromatic heterocycles. The van der Waals surface area contributed by atoms with Gasteiger partial charge in [0.2, 0.25) is 5.95 Å². The second-order valence-electron chi connectivity index (χ2n) is 4.64. The van der Waals surface area contributed by atoms with Crippen LogP contribution in [0.2, 0.25) is 0 Å². The summed E-state index contributed by atoms with van der Waals surface area (Å²) in [7, 11) is 0. The molecule has 2 rings (SSSR count). The van der Waals surface area contributed by atoms with Crippen LogP contribution in [0.3, 0.4) is 0 Å². The van der Waals surface area contributed by atoms with Crippen molar-refractivity contribution in [2.75, 3.05) is 23.9 Å². The fourth-order valence-corrected chi connectivity index (χ4v) is 3.23. The lowest BCUT2D eigenvalue weighted by atomic mass is 9.88. The van der Waals surface area contributed by atoms with Crippen molar-refractivity contribution in [1.29, 1.82) is 0 Å². The lowest BCUT2D eigenvalue weighted by Crippen LogP contribution is -2.35. The monoisotopic (exact) mass is 252 g/mol. The molecule has 0 saturated heterocycles. The molecule has 0 amide bonds. The average molecular weight is 252 g/mol. The summed E-state index contributed by atoms with van der Waals surface area (Å²) in [5, 5.41) is 3.33. The van der Waals surface area contributed by atoms with E-state index in [0.717, 1.165) is 6.54 Å². The van der Waals surface area contributed by atoms with Crippen molar-refractivity contribution in [3.63, 3.8) is 0 Å². The zero-order valence-electron chi connectivity index (χ0n) is 10.3. The molecular weight excluding hydrogens is 232 g/mol. The molecule has 1 heterocycles. The van der Waals surface area contributed by atoms with E-state index in [4.69, 9.17) is 5.73 Å². The molecule has 0 aliphatic heterocycles. The molecule has 3 N–H and O–H groups in total. The van der Waals surface area contributed by atoms with Crippen molar-refractivity contribution in [2.45, 2.75) is 36.9 Å². The summed E-state index contributed by atoms with van der Waals surface area (Å²) in [6.45, 7) is 0.943. The molecule has 1 saturated carbocycles. The molecular formula is C12H20N4S. The predicted molar refractivity (Wildman–Crippen MR) is 74.3 cm³/mol. The van der Waals surface area contributed by atoms with E-state index in [2.05, 4.69) is 21.5 Å². The second kappa shape index (κ2) is 5.58. The smallest absolute Gasteiger partial charge is 0.222 e. The number of hydrogen-bond donors (Lipinski definition) is 2. The van der Waals surface area contributed by atoms with Crippen molar-refractivity contribution in [2.24, 2.45) is 0 Å². The van der Waals surface area contributed by atoms with Crippen molar-refractivity contribution in [3.05, 3.63) is 12.4 Å². The average Bonchev–Trinajstić information content (AvgIpc) is 2.39. The van der Waals surface area contributed by atoms with Gasteiger partial charge in [0.05, 0.1) is 18.1 Å². The van der Waals surface area contributed by atoms with Crippen LogP contribution in [0.25, 0.3) is 0 Å². The number of aromatic nitrogens is 2. The zero-order valence-corrected chi connectivity index (χ0v) is 11.1. The van der Waals surface area contributed by atoms with Gasteiger partial charge in [-0.3, -0.25) is 0 Å². The van der Waals surface area contributed by atoms with Crippen molar-refractivity contribution < 1.29 is 0 Å². The summed E-state index contributed by atoms with van der Waals surface area (Å²) >= 11 is 1.97. The summed E-state index contributed by atoms with van der Waals surface area (Å²) < 4.78 is 0.364. The molecule has 0 unspecified atom stereocenters. The molecule has 5 heteroatoms. The fraction of sp³-hybridized carbons (Fsp3) is 0.667. The van der Waals surface area contributed by atoms with E-state index < -0.39 is 0 Å². The highest BCUT2D eigenvalue weighted by atomic mass is 32.2. The largest absolute Gasteiger partial charge is 0.396 e. The molecule has 17 heavy (non-hydrogen) atoms. The van der Waals surface area contributed by atoms with E-state index >= 15 is 0 Å². The Morgan fingerprint density at radius 1 is 1.29 bits per heavy atom. The van der Waals surface area contributed by atoms with Gasteiger partial charge < -0.3 is 11.1 Å². The number of rotatable bonds is 4.